The number of hydrogen-bond acceptors (Lipinski definition) is 2. The van der Waals surface area contributed by atoms with Crippen molar-refractivity contribution < 1.29 is 4.79 Å². The van der Waals surface area contributed by atoms with E-state index in [1.807, 2.05) is 4.90 Å². The molecule has 0 saturated carbocycles. The number of rotatable bonds is 1. The standard InChI is InChI=1S/C12H19N3O/c1-8-4-5-11-10(3)15(7-6-14(8)11)12(16)9(2)13/h4-5,9-10H,6-7,13H2,1-3H3. The number of fused-ring (bicyclic) bond motifs is 1. The molecular formula is C12H19N3O. The molecule has 0 radical (unpaired) electrons. The van der Waals surface area contributed by atoms with Crippen molar-refractivity contribution in [2.24, 2.45) is 5.73 Å². The Kier molecular flexibility index (Phi) is 2.76. The van der Waals surface area contributed by atoms with Gasteiger partial charge in [-0.05, 0) is 32.9 Å². The first kappa shape index (κ1) is 11.2. The highest BCUT2D eigenvalue weighted by atomic mass is 16.2. The summed E-state index contributed by atoms with van der Waals surface area (Å²) < 4.78 is 2.27. The molecule has 0 bridgehead atoms. The van der Waals surface area contributed by atoms with Crippen LogP contribution in [0, 0.1) is 6.92 Å². The summed E-state index contributed by atoms with van der Waals surface area (Å²) >= 11 is 0. The lowest BCUT2D eigenvalue weighted by molar-refractivity contribution is -0.135. The second-order valence-electron chi connectivity index (χ2n) is 4.55. The van der Waals surface area contributed by atoms with Crippen molar-refractivity contribution in [3.8, 4) is 0 Å². The van der Waals surface area contributed by atoms with E-state index in [0.717, 1.165) is 13.1 Å². The normalized spacial score (nSPS) is 21.8. The Morgan fingerprint density at radius 2 is 2.19 bits per heavy atom. The van der Waals surface area contributed by atoms with E-state index in [4.69, 9.17) is 5.73 Å². The monoisotopic (exact) mass is 221 g/mol. The van der Waals surface area contributed by atoms with Gasteiger partial charge in [0.15, 0.2) is 0 Å². The van der Waals surface area contributed by atoms with Crippen molar-refractivity contribution in [2.45, 2.75) is 39.4 Å². The second kappa shape index (κ2) is 3.94. The third kappa shape index (κ3) is 1.63. The van der Waals surface area contributed by atoms with Crippen LogP contribution in [0.25, 0.3) is 0 Å². The Morgan fingerprint density at radius 3 is 2.81 bits per heavy atom. The number of aryl methyl sites for hydroxylation is 1. The summed E-state index contributed by atoms with van der Waals surface area (Å²) in [4.78, 5) is 13.8. The molecule has 2 atom stereocenters. The van der Waals surface area contributed by atoms with Gasteiger partial charge in [0.1, 0.15) is 0 Å². The predicted molar refractivity (Wildman–Crippen MR) is 62.9 cm³/mol. The Labute approximate surface area is 96.0 Å². The van der Waals surface area contributed by atoms with Crippen LogP contribution in [-0.4, -0.2) is 28.0 Å². The van der Waals surface area contributed by atoms with Gasteiger partial charge >= 0.3 is 0 Å². The Bertz CT molecular complexity index is 408. The molecule has 1 aliphatic heterocycles. The summed E-state index contributed by atoms with van der Waals surface area (Å²) in [6.07, 6.45) is 0. The lowest BCUT2D eigenvalue weighted by atomic mass is 10.1. The number of nitrogens with zero attached hydrogens (tertiary/aromatic N) is 2. The minimum Gasteiger partial charge on any atom is -0.345 e. The highest BCUT2D eigenvalue weighted by Gasteiger charge is 2.29. The van der Waals surface area contributed by atoms with Crippen LogP contribution in [-0.2, 0) is 11.3 Å². The van der Waals surface area contributed by atoms with Gasteiger partial charge in [0.05, 0.1) is 12.1 Å². The minimum atomic E-state index is -0.412. The highest BCUT2D eigenvalue weighted by Crippen LogP contribution is 2.27. The van der Waals surface area contributed by atoms with Crippen LogP contribution in [0.5, 0.6) is 0 Å². The molecule has 1 aliphatic rings. The quantitative estimate of drug-likeness (QED) is 0.770. The molecular weight excluding hydrogens is 202 g/mol. The average Bonchev–Trinajstić information content (AvgIpc) is 2.61. The maximum Gasteiger partial charge on any atom is 0.239 e. The molecule has 4 heteroatoms. The molecule has 2 unspecified atom stereocenters. The zero-order chi connectivity index (χ0) is 11.9. The summed E-state index contributed by atoms with van der Waals surface area (Å²) in [6, 6.07) is 3.91. The molecule has 2 N–H and O–H groups in total. The maximum absolute atomic E-state index is 11.9. The van der Waals surface area contributed by atoms with Gasteiger partial charge in [-0.1, -0.05) is 0 Å². The summed E-state index contributed by atoms with van der Waals surface area (Å²) in [6.45, 7) is 7.53. The number of carbonyl (C=O) groups is 1. The zero-order valence-electron chi connectivity index (χ0n) is 10.1. The SMILES string of the molecule is Cc1ccc2n1CCN(C(=O)C(C)N)C2C. The molecule has 2 heterocycles. The fourth-order valence-electron chi connectivity index (χ4n) is 2.38. The van der Waals surface area contributed by atoms with Crippen LogP contribution < -0.4 is 5.73 Å². The van der Waals surface area contributed by atoms with Gasteiger partial charge in [-0.25, -0.2) is 0 Å². The first-order chi connectivity index (χ1) is 7.52. The Morgan fingerprint density at radius 1 is 1.50 bits per heavy atom. The number of amides is 1. The van der Waals surface area contributed by atoms with E-state index < -0.39 is 6.04 Å². The fraction of sp³-hybridized carbons (Fsp3) is 0.583. The summed E-state index contributed by atoms with van der Waals surface area (Å²) in [5.74, 6) is 0.0394. The van der Waals surface area contributed by atoms with E-state index in [1.165, 1.54) is 11.4 Å². The number of hydrogen-bond donors (Lipinski definition) is 1. The first-order valence-corrected chi connectivity index (χ1v) is 5.74. The Balaban J connectivity index is 2.28. The average molecular weight is 221 g/mol. The predicted octanol–water partition coefficient (Wildman–Crippen LogP) is 1.05. The lowest BCUT2D eigenvalue weighted by Gasteiger charge is -2.36. The third-order valence-electron chi connectivity index (χ3n) is 3.37. The molecule has 0 aromatic carbocycles. The van der Waals surface area contributed by atoms with Gasteiger partial charge in [0, 0.05) is 24.5 Å². The van der Waals surface area contributed by atoms with Crippen molar-refractivity contribution in [1.29, 1.82) is 0 Å². The minimum absolute atomic E-state index is 0.0394. The van der Waals surface area contributed by atoms with Crippen molar-refractivity contribution in [2.75, 3.05) is 6.54 Å². The molecule has 1 aromatic heterocycles. The molecule has 0 aliphatic carbocycles. The van der Waals surface area contributed by atoms with Gasteiger partial charge in [0.2, 0.25) is 5.91 Å². The van der Waals surface area contributed by atoms with Crippen molar-refractivity contribution in [3.63, 3.8) is 0 Å². The maximum atomic E-state index is 11.9. The molecule has 1 amide bonds. The summed E-state index contributed by atoms with van der Waals surface area (Å²) in [7, 11) is 0. The molecule has 4 nitrogen and oxygen atoms in total. The number of aromatic nitrogens is 1. The van der Waals surface area contributed by atoms with Crippen molar-refractivity contribution in [3.05, 3.63) is 23.5 Å². The van der Waals surface area contributed by atoms with Crippen LogP contribution >= 0.6 is 0 Å². The first-order valence-electron chi connectivity index (χ1n) is 5.74. The number of nitrogens with two attached hydrogens (primary N) is 1. The van der Waals surface area contributed by atoms with Crippen LogP contribution in [0.2, 0.25) is 0 Å². The van der Waals surface area contributed by atoms with E-state index in [-0.39, 0.29) is 11.9 Å². The zero-order valence-corrected chi connectivity index (χ0v) is 10.1. The highest BCUT2D eigenvalue weighted by molar-refractivity contribution is 5.81. The Hall–Kier alpha value is -1.29. The van der Waals surface area contributed by atoms with Gasteiger partial charge in [-0.3, -0.25) is 4.79 Å². The molecule has 0 saturated heterocycles. The summed E-state index contributed by atoms with van der Waals surface area (Å²) in [5, 5.41) is 0. The lowest BCUT2D eigenvalue weighted by Crippen LogP contribution is -2.47. The van der Waals surface area contributed by atoms with Crippen molar-refractivity contribution >= 4 is 5.91 Å². The third-order valence-corrected chi connectivity index (χ3v) is 3.37. The molecule has 1 aromatic rings. The van der Waals surface area contributed by atoms with Crippen LogP contribution in [0.3, 0.4) is 0 Å². The van der Waals surface area contributed by atoms with Gasteiger partial charge in [0.25, 0.3) is 0 Å². The smallest absolute Gasteiger partial charge is 0.239 e. The van der Waals surface area contributed by atoms with Gasteiger partial charge in [-0.15, -0.1) is 0 Å². The molecule has 0 spiro atoms. The molecule has 0 fully saturated rings. The summed E-state index contributed by atoms with van der Waals surface area (Å²) in [5.41, 5.74) is 8.12. The van der Waals surface area contributed by atoms with E-state index >= 15 is 0 Å². The van der Waals surface area contributed by atoms with E-state index in [1.54, 1.807) is 6.92 Å². The van der Waals surface area contributed by atoms with Gasteiger partial charge < -0.3 is 15.2 Å². The van der Waals surface area contributed by atoms with Crippen LogP contribution in [0.1, 0.15) is 31.3 Å². The number of carbonyl (C=O) groups excluding carboxylic acids is 1. The van der Waals surface area contributed by atoms with Crippen LogP contribution in [0.15, 0.2) is 12.1 Å². The molecule has 2 rings (SSSR count). The topological polar surface area (TPSA) is 51.3 Å². The van der Waals surface area contributed by atoms with E-state index in [9.17, 15) is 4.79 Å². The molecule has 88 valence electrons. The second-order valence-corrected chi connectivity index (χ2v) is 4.55. The van der Waals surface area contributed by atoms with E-state index in [2.05, 4.69) is 30.5 Å². The van der Waals surface area contributed by atoms with Crippen molar-refractivity contribution in [1.82, 2.24) is 9.47 Å². The fourth-order valence-corrected chi connectivity index (χ4v) is 2.38. The van der Waals surface area contributed by atoms with Gasteiger partial charge in [-0.2, -0.15) is 0 Å². The van der Waals surface area contributed by atoms with E-state index in [0.29, 0.717) is 0 Å². The van der Waals surface area contributed by atoms with Crippen LogP contribution in [0.4, 0.5) is 0 Å². The largest absolute Gasteiger partial charge is 0.345 e. The molecule has 16 heavy (non-hydrogen) atoms.